The van der Waals surface area contributed by atoms with E-state index in [0.29, 0.717) is 10.9 Å². The van der Waals surface area contributed by atoms with E-state index in [1.165, 1.54) is 0 Å². The molecule has 1 nitrogen and oxygen atoms in total. The van der Waals surface area contributed by atoms with Crippen molar-refractivity contribution in [2.75, 3.05) is 11.9 Å². The Hall–Kier alpha value is 0.920. The molecule has 0 unspecified atom stereocenters. The van der Waals surface area contributed by atoms with Crippen molar-refractivity contribution in [3.8, 4) is 0 Å². The number of ether oxygens (including phenoxy) is 1. The van der Waals surface area contributed by atoms with Crippen LogP contribution in [-0.2, 0) is 4.74 Å². The van der Waals surface area contributed by atoms with Crippen molar-refractivity contribution >= 4 is 31.9 Å². The van der Waals surface area contributed by atoms with Crippen LogP contribution in [-0.4, -0.2) is 22.9 Å². The fourth-order valence-electron chi connectivity index (χ4n) is 0.364. The van der Waals surface area contributed by atoms with Crippen LogP contribution in [0.2, 0.25) is 0 Å². The van der Waals surface area contributed by atoms with Crippen molar-refractivity contribution in [3.63, 3.8) is 0 Å². The number of hydrogen-bond donors (Lipinski definition) is 0. The number of rotatable bonds is 2. The molecule has 0 aliphatic carbocycles. The Morgan fingerprint density at radius 1 is 1.86 bits per heavy atom. The summed E-state index contributed by atoms with van der Waals surface area (Å²) in [5.41, 5.74) is 0. The van der Waals surface area contributed by atoms with Gasteiger partial charge in [-0.05, 0) is 0 Å². The van der Waals surface area contributed by atoms with Crippen LogP contribution in [0.15, 0.2) is 0 Å². The monoisotopic (exact) mass is 228 g/mol. The molecular weight excluding hydrogens is 224 g/mol. The molecular formula is C4H6Br2O. The maximum absolute atomic E-state index is 4.98. The van der Waals surface area contributed by atoms with Crippen LogP contribution in [0, 0.1) is 0 Å². The lowest BCUT2D eigenvalue weighted by atomic mass is 10.4. The van der Waals surface area contributed by atoms with E-state index in [4.69, 9.17) is 4.74 Å². The first kappa shape index (κ1) is 6.05. The summed E-state index contributed by atoms with van der Waals surface area (Å²) in [5.74, 6) is 0. The summed E-state index contributed by atoms with van der Waals surface area (Å²) >= 11 is 6.76. The normalized spacial score (nSPS) is 32.6. The number of epoxide rings is 1. The number of alkyl halides is 2. The van der Waals surface area contributed by atoms with E-state index in [-0.39, 0.29) is 0 Å². The lowest BCUT2D eigenvalue weighted by Crippen LogP contribution is -2.06. The fourth-order valence-corrected chi connectivity index (χ4v) is 1.09. The van der Waals surface area contributed by atoms with Crippen LogP contribution in [0.5, 0.6) is 0 Å². The quantitative estimate of drug-likeness (QED) is 0.517. The third-order valence-corrected chi connectivity index (χ3v) is 3.39. The standard InChI is InChI=1S/C4H6Br2O/c5-1-3(6)4-2-7-4/h3-4H,1-2H2/t3-,4-/m1/s1. The molecule has 1 heterocycles. The molecule has 0 radical (unpaired) electrons. The van der Waals surface area contributed by atoms with E-state index in [0.717, 1.165) is 11.9 Å². The first-order chi connectivity index (χ1) is 3.34. The van der Waals surface area contributed by atoms with Crippen molar-refractivity contribution in [1.29, 1.82) is 0 Å². The fraction of sp³-hybridized carbons (Fsp3) is 1.00. The molecule has 0 aromatic rings. The molecule has 1 saturated heterocycles. The van der Waals surface area contributed by atoms with E-state index in [1.807, 2.05) is 0 Å². The third-order valence-electron chi connectivity index (χ3n) is 0.910. The molecule has 1 aliphatic heterocycles. The Morgan fingerprint density at radius 3 is 2.57 bits per heavy atom. The molecule has 0 amide bonds. The van der Waals surface area contributed by atoms with Crippen LogP contribution in [0.3, 0.4) is 0 Å². The summed E-state index contributed by atoms with van der Waals surface area (Å²) in [6.07, 6.45) is 0.486. The molecule has 0 bridgehead atoms. The minimum Gasteiger partial charge on any atom is -0.372 e. The van der Waals surface area contributed by atoms with Crippen LogP contribution < -0.4 is 0 Å². The van der Waals surface area contributed by atoms with E-state index in [2.05, 4.69) is 31.9 Å². The first-order valence-electron chi connectivity index (χ1n) is 2.16. The van der Waals surface area contributed by atoms with Gasteiger partial charge in [0.15, 0.2) is 0 Å². The van der Waals surface area contributed by atoms with Gasteiger partial charge in [0.25, 0.3) is 0 Å². The molecule has 0 saturated carbocycles. The highest BCUT2D eigenvalue weighted by Crippen LogP contribution is 2.21. The van der Waals surface area contributed by atoms with Gasteiger partial charge in [-0.2, -0.15) is 0 Å². The second kappa shape index (κ2) is 2.46. The Labute approximate surface area is 59.7 Å². The second-order valence-electron chi connectivity index (χ2n) is 1.54. The van der Waals surface area contributed by atoms with Gasteiger partial charge in [-0.3, -0.25) is 0 Å². The minimum absolute atomic E-state index is 0.486. The zero-order valence-electron chi connectivity index (χ0n) is 3.73. The lowest BCUT2D eigenvalue weighted by molar-refractivity contribution is 0.410. The van der Waals surface area contributed by atoms with Gasteiger partial charge >= 0.3 is 0 Å². The van der Waals surface area contributed by atoms with Gasteiger partial charge in [0.1, 0.15) is 0 Å². The maximum atomic E-state index is 4.98. The van der Waals surface area contributed by atoms with Crippen molar-refractivity contribution < 1.29 is 4.74 Å². The molecule has 7 heavy (non-hydrogen) atoms. The van der Waals surface area contributed by atoms with Gasteiger partial charge in [0, 0.05) is 5.33 Å². The Bertz CT molecular complexity index is 62.7. The molecule has 42 valence electrons. The first-order valence-corrected chi connectivity index (χ1v) is 4.20. The van der Waals surface area contributed by atoms with E-state index < -0.39 is 0 Å². The summed E-state index contributed by atoms with van der Waals surface area (Å²) in [7, 11) is 0. The van der Waals surface area contributed by atoms with Gasteiger partial charge in [0.05, 0.1) is 17.5 Å². The highest BCUT2D eigenvalue weighted by Gasteiger charge is 2.29. The van der Waals surface area contributed by atoms with Gasteiger partial charge < -0.3 is 4.74 Å². The Balaban J connectivity index is 2.10. The summed E-state index contributed by atoms with van der Waals surface area (Å²) in [6, 6.07) is 0. The van der Waals surface area contributed by atoms with Crippen molar-refractivity contribution in [1.82, 2.24) is 0 Å². The average Bonchev–Trinajstić information content (AvgIpc) is 2.44. The van der Waals surface area contributed by atoms with E-state index in [9.17, 15) is 0 Å². The Morgan fingerprint density at radius 2 is 2.43 bits per heavy atom. The molecule has 0 aromatic heterocycles. The lowest BCUT2D eigenvalue weighted by Gasteiger charge is -1.95. The molecule has 1 aliphatic rings. The van der Waals surface area contributed by atoms with Gasteiger partial charge in [-0.25, -0.2) is 0 Å². The molecule has 0 aromatic carbocycles. The zero-order valence-corrected chi connectivity index (χ0v) is 6.91. The topological polar surface area (TPSA) is 12.5 Å². The minimum atomic E-state index is 0.486. The van der Waals surface area contributed by atoms with Crippen molar-refractivity contribution in [2.24, 2.45) is 0 Å². The average molecular weight is 230 g/mol. The predicted molar refractivity (Wildman–Crippen MR) is 36.2 cm³/mol. The largest absolute Gasteiger partial charge is 0.372 e. The molecule has 1 fully saturated rings. The smallest absolute Gasteiger partial charge is 0.0942 e. The summed E-state index contributed by atoms with van der Waals surface area (Å²) in [5, 5.41) is 0.984. The van der Waals surface area contributed by atoms with Crippen molar-refractivity contribution in [3.05, 3.63) is 0 Å². The highest BCUT2D eigenvalue weighted by molar-refractivity contribution is 9.12. The number of hydrogen-bond acceptors (Lipinski definition) is 1. The van der Waals surface area contributed by atoms with E-state index in [1.54, 1.807) is 0 Å². The predicted octanol–water partition coefficient (Wildman–Crippen LogP) is 1.54. The molecule has 1 rings (SSSR count). The van der Waals surface area contributed by atoms with Crippen molar-refractivity contribution in [2.45, 2.75) is 10.9 Å². The van der Waals surface area contributed by atoms with Crippen LogP contribution in [0.1, 0.15) is 0 Å². The van der Waals surface area contributed by atoms with E-state index >= 15 is 0 Å². The molecule has 0 spiro atoms. The molecule has 0 N–H and O–H groups in total. The van der Waals surface area contributed by atoms with Gasteiger partial charge in [0.2, 0.25) is 0 Å². The molecule has 2 atom stereocenters. The summed E-state index contributed by atoms with van der Waals surface area (Å²) in [4.78, 5) is 0.521. The zero-order chi connectivity index (χ0) is 5.28. The summed E-state index contributed by atoms with van der Waals surface area (Å²) in [6.45, 7) is 0.932. The molecule has 3 heteroatoms. The van der Waals surface area contributed by atoms with Gasteiger partial charge in [-0.1, -0.05) is 31.9 Å². The van der Waals surface area contributed by atoms with Crippen LogP contribution in [0.4, 0.5) is 0 Å². The SMILES string of the molecule is BrC[C@@H](Br)[C@H]1CO1. The Kier molecular flexibility index (Phi) is 2.13. The van der Waals surface area contributed by atoms with Gasteiger partial charge in [-0.15, -0.1) is 0 Å². The summed E-state index contributed by atoms with van der Waals surface area (Å²) < 4.78 is 4.98. The maximum Gasteiger partial charge on any atom is 0.0942 e. The van der Waals surface area contributed by atoms with Crippen LogP contribution in [0.25, 0.3) is 0 Å². The highest BCUT2D eigenvalue weighted by atomic mass is 79.9. The number of halogens is 2. The van der Waals surface area contributed by atoms with Crippen LogP contribution >= 0.6 is 31.9 Å². The third kappa shape index (κ3) is 1.70. The second-order valence-corrected chi connectivity index (χ2v) is 3.37.